The monoisotopic (exact) mass is 382 g/mol. The van der Waals surface area contributed by atoms with Gasteiger partial charge in [-0.15, -0.1) is 0 Å². The van der Waals surface area contributed by atoms with Crippen LogP contribution in [-0.4, -0.2) is 19.6 Å². The van der Waals surface area contributed by atoms with Gasteiger partial charge in [0.2, 0.25) is 0 Å². The van der Waals surface area contributed by atoms with Crippen LogP contribution >= 0.6 is 15.9 Å². The number of aliphatic hydroxyl groups excluding tert-OH is 1. The molecule has 3 rings (SSSR count). The molecule has 0 spiro atoms. The van der Waals surface area contributed by atoms with E-state index in [2.05, 4.69) is 20.9 Å². The zero-order valence-corrected chi connectivity index (χ0v) is 13.7. The van der Waals surface area contributed by atoms with Crippen molar-refractivity contribution in [3.05, 3.63) is 63.5 Å². The Kier molecular flexibility index (Phi) is 4.08. The number of aliphatic hydroxyl groups is 1. The largest absolute Gasteiger partial charge is 0.504 e. The van der Waals surface area contributed by atoms with E-state index in [1.54, 1.807) is 0 Å². The van der Waals surface area contributed by atoms with Crippen LogP contribution in [0.25, 0.3) is 5.65 Å². The fourth-order valence-corrected chi connectivity index (χ4v) is 2.99. The van der Waals surface area contributed by atoms with Gasteiger partial charge in [-0.25, -0.2) is 13.8 Å². The Morgan fingerprint density at radius 2 is 2.04 bits per heavy atom. The predicted molar refractivity (Wildman–Crippen MR) is 84.4 cm³/mol. The van der Waals surface area contributed by atoms with Crippen LogP contribution < -0.4 is 0 Å². The minimum atomic E-state index is -1.21. The van der Waals surface area contributed by atoms with Crippen molar-refractivity contribution >= 4 is 21.6 Å². The lowest BCUT2D eigenvalue weighted by Crippen LogP contribution is -2.07. The molecule has 1 unspecified atom stereocenters. The molecule has 1 atom stereocenters. The highest BCUT2D eigenvalue weighted by molar-refractivity contribution is 9.10. The van der Waals surface area contributed by atoms with E-state index >= 15 is 0 Å². The van der Waals surface area contributed by atoms with Crippen LogP contribution in [0.2, 0.25) is 0 Å². The van der Waals surface area contributed by atoms with E-state index in [0.29, 0.717) is 23.5 Å². The normalized spacial score (nSPS) is 12.7. The maximum Gasteiger partial charge on any atom is 0.166 e. The van der Waals surface area contributed by atoms with Crippen molar-refractivity contribution in [2.45, 2.75) is 19.4 Å². The van der Waals surface area contributed by atoms with E-state index in [0.717, 1.165) is 6.07 Å². The van der Waals surface area contributed by atoms with Crippen molar-refractivity contribution in [2.24, 2.45) is 0 Å². The molecule has 1 aromatic carbocycles. The number of nitrogens with zero attached hydrogens (tertiary/aromatic N) is 2. The van der Waals surface area contributed by atoms with Crippen molar-refractivity contribution in [3.8, 4) is 5.75 Å². The molecule has 0 aliphatic heterocycles. The molecule has 0 bridgehead atoms. The molecule has 120 valence electrons. The first-order valence-corrected chi connectivity index (χ1v) is 7.74. The van der Waals surface area contributed by atoms with E-state index in [1.165, 1.54) is 28.8 Å². The molecule has 2 N–H and O–H groups in total. The van der Waals surface area contributed by atoms with E-state index in [1.807, 2.05) is 6.92 Å². The summed E-state index contributed by atoms with van der Waals surface area (Å²) in [6, 6.07) is 5.26. The number of fused-ring (bicyclic) bond motifs is 1. The zero-order chi connectivity index (χ0) is 16.7. The Balaban J connectivity index is 2.21. The SMILES string of the molecule is CCc1nc2ccc(F)cn2c1C(O)c1cc(F)c(O)c(Br)c1. The molecule has 0 saturated heterocycles. The molecular weight excluding hydrogens is 370 g/mol. The summed E-state index contributed by atoms with van der Waals surface area (Å²) < 4.78 is 28.9. The Morgan fingerprint density at radius 3 is 2.70 bits per heavy atom. The van der Waals surface area contributed by atoms with Gasteiger partial charge in [0.05, 0.1) is 15.9 Å². The third-order valence-electron chi connectivity index (χ3n) is 3.64. The van der Waals surface area contributed by atoms with Crippen LogP contribution in [0.4, 0.5) is 8.78 Å². The third-order valence-corrected chi connectivity index (χ3v) is 4.25. The second-order valence-electron chi connectivity index (χ2n) is 5.11. The summed E-state index contributed by atoms with van der Waals surface area (Å²) in [6.07, 6.45) is 0.539. The molecule has 23 heavy (non-hydrogen) atoms. The van der Waals surface area contributed by atoms with Crippen molar-refractivity contribution < 1.29 is 19.0 Å². The fraction of sp³-hybridized carbons (Fsp3) is 0.188. The van der Waals surface area contributed by atoms with Gasteiger partial charge in [-0.3, -0.25) is 4.40 Å². The quantitative estimate of drug-likeness (QED) is 0.725. The van der Waals surface area contributed by atoms with E-state index in [4.69, 9.17) is 0 Å². The minimum Gasteiger partial charge on any atom is -0.504 e. The first-order chi connectivity index (χ1) is 10.9. The number of rotatable bonds is 3. The number of aromatic hydroxyl groups is 1. The van der Waals surface area contributed by atoms with Gasteiger partial charge in [0, 0.05) is 6.20 Å². The summed E-state index contributed by atoms with van der Waals surface area (Å²) in [7, 11) is 0. The van der Waals surface area contributed by atoms with Crippen molar-refractivity contribution in [2.75, 3.05) is 0 Å². The minimum absolute atomic E-state index is 0.129. The Hall–Kier alpha value is -1.99. The van der Waals surface area contributed by atoms with Crippen LogP contribution in [0.3, 0.4) is 0 Å². The number of aryl methyl sites for hydroxylation is 1. The summed E-state index contributed by atoms with van der Waals surface area (Å²) >= 11 is 3.04. The molecular formula is C16H13BrF2N2O2. The lowest BCUT2D eigenvalue weighted by atomic mass is 10.0. The number of benzene rings is 1. The van der Waals surface area contributed by atoms with Gasteiger partial charge in [-0.1, -0.05) is 6.92 Å². The first-order valence-electron chi connectivity index (χ1n) is 6.94. The average molecular weight is 383 g/mol. The molecule has 0 fully saturated rings. The Morgan fingerprint density at radius 1 is 1.30 bits per heavy atom. The second kappa shape index (κ2) is 5.90. The third kappa shape index (κ3) is 2.70. The van der Waals surface area contributed by atoms with Crippen molar-refractivity contribution in [1.29, 1.82) is 0 Å². The van der Waals surface area contributed by atoms with Gasteiger partial charge < -0.3 is 10.2 Å². The van der Waals surface area contributed by atoms with Crippen LogP contribution in [0.5, 0.6) is 5.75 Å². The van der Waals surface area contributed by atoms with Gasteiger partial charge in [0.25, 0.3) is 0 Å². The molecule has 0 radical (unpaired) electrons. The molecule has 3 aromatic rings. The average Bonchev–Trinajstić information content (AvgIpc) is 2.89. The lowest BCUT2D eigenvalue weighted by Gasteiger charge is -2.14. The predicted octanol–water partition coefficient (Wildman–Crippen LogP) is 3.72. The Labute approximate surface area is 139 Å². The van der Waals surface area contributed by atoms with E-state index < -0.39 is 23.5 Å². The number of imidazole rings is 1. The molecule has 7 heteroatoms. The summed E-state index contributed by atoms with van der Waals surface area (Å²) in [6.45, 7) is 1.86. The molecule has 0 aliphatic carbocycles. The number of phenols is 1. The number of hydrogen-bond acceptors (Lipinski definition) is 3. The smallest absolute Gasteiger partial charge is 0.166 e. The maximum atomic E-state index is 13.7. The highest BCUT2D eigenvalue weighted by Crippen LogP contribution is 2.34. The van der Waals surface area contributed by atoms with Crippen LogP contribution in [0.1, 0.15) is 30.0 Å². The number of aromatic nitrogens is 2. The summed E-state index contributed by atoms with van der Waals surface area (Å²) in [4.78, 5) is 4.36. The molecule has 0 aliphatic rings. The summed E-state index contributed by atoms with van der Waals surface area (Å²) in [5.74, 6) is -1.85. The van der Waals surface area contributed by atoms with Gasteiger partial charge in [0.1, 0.15) is 17.6 Å². The molecule has 4 nitrogen and oxygen atoms in total. The standard InChI is InChI=1S/C16H13BrF2N2O2/c1-2-12-14(21-7-9(18)3-4-13(21)20-12)15(22)8-5-10(17)16(23)11(19)6-8/h3-7,15,22-23H,2H2,1H3. The Bertz CT molecular complexity index is 872. The summed E-state index contributed by atoms with van der Waals surface area (Å²) in [5, 5.41) is 20.2. The highest BCUT2D eigenvalue weighted by Gasteiger charge is 2.22. The molecule has 0 amide bonds. The molecule has 2 aromatic heterocycles. The second-order valence-corrected chi connectivity index (χ2v) is 5.96. The topological polar surface area (TPSA) is 57.8 Å². The number of pyridine rings is 1. The van der Waals surface area contributed by atoms with Gasteiger partial charge in [-0.05, 0) is 52.2 Å². The summed E-state index contributed by atoms with van der Waals surface area (Å²) in [5.41, 5.74) is 1.69. The molecule has 0 saturated carbocycles. The lowest BCUT2D eigenvalue weighted by molar-refractivity contribution is 0.212. The number of halogens is 3. The van der Waals surface area contributed by atoms with Crippen molar-refractivity contribution in [1.82, 2.24) is 9.38 Å². The number of phenolic OH excluding ortho intramolecular Hbond substituents is 1. The maximum absolute atomic E-state index is 13.7. The van der Waals surface area contributed by atoms with Gasteiger partial charge in [0.15, 0.2) is 11.6 Å². The van der Waals surface area contributed by atoms with Crippen LogP contribution in [0, 0.1) is 11.6 Å². The van der Waals surface area contributed by atoms with E-state index in [9.17, 15) is 19.0 Å². The zero-order valence-electron chi connectivity index (χ0n) is 12.1. The van der Waals surface area contributed by atoms with Gasteiger partial charge in [-0.2, -0.15) is 0 Å². The van der Waals surface area contributed by atoms with E-state index in [-0.39, 0.29) is 10.0 Å². The highest BCUT2D eigenvalue weighted by atomic mass is 79.9. The van der Waals surface area contributed by atoms with Crippen molar-refractivity contribution in [3.63, 3.8) is 0 Å². The van der Waals surface area contributed by atoms with Crippen LogP contribution in [0.15, 0.2) is 34.9 Å². The fourth-order valence-electron chi connectivity index (χ4n) is 2.54. The van der Waals surface area contributed by atoms with Crippen LogP contribution in [-0.2, 0) is 6.42 Å². The first kappa shape index (κ1) is 15.9. The van der Waals surface area contributed by atoms with Gasteiger partial charge >= 0.3 is 0 Å². The number of hydrogen-bond donors (Lipinski definition) is 2. The molecule has 2 heterocycles.